The summed E-state index contributed by atoms with van der Waals surface area (Å²) in [5.41, 5.74) is -0.601. The van der Waals surface area contributed by atoms with Crippen molar-refractivity contribution in [3.05, 3.63) is 70.8 Å². The Kier molecular flexibility index (Phi) is 4.21. The molecule has 2 aromatic rings. The molecule has 6 nitrogen and oxygen atoms in total. The third-order valence-electron chi connectivity index (χ3n) is 6.59. The van der Waals surface area contributed by atoms with E-state index in [1.807, 2.05) is 50.2 Å². The van der Waals surface area contributed by atoms with Crippen LogP contribution in [0.25, 0.3) is 0 Å². The summed E-state index contributed by atoms with van der Waals surface area (Å²) in [7, 11) is 0. The molecule has 2 saturated heterocycles. The first-order chi connectivity index (χ1) is 14.3. The highest BCUT2D eigenvalue weighted by Crippen LogP contribution is 2.69. The van der Waals surface area contributed by atoms with Crippen molar-refractivity contribution < 1.29 is 9.47 Å². The van der Waals surface area contributed by atoms with Gasteiger partial charge < -0.3 is 9.47 Å². The van der Waals surface area contributed by atoms with Crippen molar-refractivity contribution in [2.45, 2.75) is 32.7 Å². The van der Waals surface area contributed by atoms with Gasteiger partial charge in [0.25, 0.3) is 0 Å². The van der Waals surface area contributed by atoms with Crippen LogP contribution in [0.4, 0.5) is 0 Å². The number of nitrogens with zero attached hydrogens (tertiary/aromatic N) is 3. The first-order valence-corrected chi connectivity index (χ1v) is 9.65. The van der Waals surface area contributed by atoms with Crippen LogP contribution in [0.3, 0.4) is 0 Å². The molecule has 148 valence electrons. The molecule has 4 unspecified atom stereocenters. The van der Waals surface area contributed by atoms with Gasteiger partial charge in [-0.2, -0.15) is 15.8 Å². The minimum Gasteiger partial charge on any atom is -0.443 e. The SMILES string of the molecule is Cc1ccc(C23OC(=N)C(C#N)(C2C)C(C#N)(C#N)C(c2ccccc2C)O3)cc1. The van der Waals surface area contributed by atoms with Crippen LogP contribution in [-0.2, 0) is 15.3 Å². The number of ether oxygens (including phenoxy) is 2. The lowest BCUT2D eigenvalue weighted by molar-refractivity contribution is -0.288. The van der Waals surface area contributed by atoms with Gasteiger partial charge in [0.1, 0.15) is 6.10 Å². The maximum absolute atomic E-state index is 10.3. The summed E-state index contributed by atoms with van der Waals surface area (Å²) >= 11 is 0. The van der Waals surface area contributed by atoms with Crippen molar-refractivity contribution in [1.82, 2.24) is 0 Å². The minimum atomic E-state index is -1.95. The summed E-state index contributed by atoms with van der Waals surface area (Å²) in [6.07, 6.45) is -1.08. The maximum Gasteiger partial charge on any atom is 0.244 e. The zero-order chi connectivity index (χ0) is 21.7. The second-order valence-corrected chi connectivity index (χ2v) is 7.99. The van der Waals surface area contributed by atoms with Crippen molar-refractivity contribution in [2.24, 2.45) is 16.7 Å². The molecule has 2 fully saturated rings. The van der Waals surface area contributed by atoms with Gasteiger partial charge >= 0.3 is 0 Å². The zero-order valence-corrected chi connectivity index (χ0v) is 16.9. The number of benzene rings is 2. The Bertz CT molecular complexity index is 1150. The quantitative estimate of drug-likeness (QED) is 0.807. The molecular formula is C24H20N4O2. The van der Waals surface area contributed by atoms with Crippen LogP contribution in [0.1, 0.15) is 35.3 Å². The van der Waals surface area contributed by atoms with Crippen LogP contribution < -0.4 is 0 Å². The van der Waals surface area contributed by atoms with E-state index in [0.29, 0.717) is 11.1 Å². The largest absolute Gasteiger partial charge is 0.443 e. The van der Waals surface area contributed by atoms with Crippen molar-refractivity contribution in [3.63, 3.8) is 0 Å². The number of fused-ring (bicyclic) bond motifs is 2. The fourth-order valence-electron chi connectivity index (χ4n) is 4.81. The van der Waals surface area contributed by atoms with Gasteiger partial charge in [0, 0.05) is 5.56 Å². The Labute approximate surface area is 175 Å². The lowest BCUT2D eigenvalue weighted by atomic mass is 9.53. The van der Waals surface area contributed by atoms with Crippen molar-refractivity contribution in [3.8, 4) is 18.2 Å². The molecule has 0 aromatic heterocycles. The molecule has 4 rings (SSSR count). The van der Waals surface area contributed by atoms with Gasteiger partial charge in [0.15, 0.2) is 5.41 Å². The summed E-state index contributed by atoms with van der Waals surface area (Å²) < 4.78 is 12.5. The molecule has 0 spiro atoms. The summed E-state index contributed by atoms with van der Waals surface area (Å²) in [6, 6.07) is 21.1. The molecular weight excluding hydrogens is 376 g/mol. The minimum absolute atomic E-state index is 0.405. The number of hydrogen-bond acceptors (Lipinski definition) is 6. The monoisotopic (exact) mass is 396 g/mol. The van der Waals surface area contributed by atoms with E-state index in [2.05, 4.69) is 18.2 Å². The third-order valence-corrected chi connectivity index (χ3v) is 6.59. The topological polar surface area (TPSA) is 114 Å². The van der Waals surface area contributed by atoms with Gasteiger partial charge in [-0.15, -0.1) is 0 Å². The molecule has 0 radical (unpaired) electrons. The highest BCUT2D eigenvalue weighted by molar-refractivity contribution is 5.89. The van der Waals surface area contributed by atoms with E-state index in [4.69, 9.17) is 14.9 Å². The van der Waals surface area contributed by atoms with E-state index in [1.54, 1.807) is 19.1 Å². The van der Waals surface area contributed by atoms with Gasteiger partial charge in [0.2, 0.25) is 17.1 Å². The average Bonchev–Trinajstić information content (AvgIpc) is 2.91. The van der Waals surface area contributed by atoms with E-state index >= 15 is 0 Å². The molecule has 2 aliphatic heterocycles. The van der Waals surface area contributed by atoms with Crippen molar-refractivity contribution in [2.75, 3.05) is 0 Å². The summed E-state index contributed by atoms with van der Waals surface area (Å²) in [4.78, 5) is 0. The van der Waals surface area contributed by atoms with E-state index in [9.17, 15) is 15.8 Å². The maximum atomic E-state index is 10.3. The van der Waals surface area contributed by atoms with E-state index in [-0.39, 0.29) is 0 Å². The summed E-state index contributed by atoms with van der Waals surface area (Å²) in [5, 5.41) is 39.4. The van der Waals surface area contributed by atoms with E-state index in [0.717, 1.165) is 11.1 Å². The predicted molar refractivity (Wildman–Crippen MR) is 108 cm³/mol. The summed E-state index contributed by atoms with van der Waals surface area (Å²) in [6.45, 7) is 5.53. The van der Waals surface area contributed by atoms with Gasteiger partial charge in [-0.3, -0.25) is 5.41 Å². The molecule has 2 aliphatic rings. The molecule has 0 aliphatic carbocycles. The van der Waals surface area contributed by atoms with Gasteiger partial charge in [-0.25, -0.2) is 0 Å². The smallest absolute Gasteiger partial charge is 0.244 e. The standard InChI is InChI=1S/C24H20N4O2/c1-15-8-10-18(11-9-15)24-17(3)23(14-27,21(28)30-24)22(12-25,13-26)20(29-24)19-7-5-4-6-16(19)2/h4-11,17,20,28H,1-3H3. The molecule has 0 saturated carbocycles. The van der Waals surface area contributed by atoms with Gasteiger partial charge in [0.05, 0.1) is 24.1 Å². The normalized spacial score (nSPS) is 31.1. The van der Waals surface area contributed by atoms with E-state index < -0.39 is 34.5 Å². The molecule has 2 bridgehead atoms. The molecule has 4 atom stereocenters. The number of nitriles is 3. The average molecular weight is 396 g/mol. The first-order valence-electron chi connectivity index (χ1n) is 9.65. The van der Waals surface area contributed by atoms with Crippen LogP contribution in [0, 0.1) is 70.0 Å². The Balaban J connectivity index is 2.06. The van der Waals surface area contributed by atoms with Crippen molar-refractivity contribution >= 4 is 5.90 Å². The molecule has 2 heterocycles. The van der Waals surface area contributed by atoms with Gasteiger partial charge in [-0.05, 0) is 25.0 Å². The number of rotatable bonds is 2. The summed E-state index contributed by atoms with van der Waals surface area (Å²) in [5.74, 6) is -2.62. The molecule has 30 heavy (non-hydrogen) atoms. The highest BCUT2D eigenvalue weighted by atomic mass is 16.7. The van der Waals surface area contributed by atoms with Crippen LogP contribution >= 0.6 is 0 Å². The Morgan fingerprint density at radius 1 is 0.933 bits per heavy atom. The Hall–Kier alpha value is -3.66. The predicted octanol–water partition coefficient (Wildman–Crippen LogP) is 4.41. The van der Waals surface area contributed by atoms with Gasteiger partial charge in [-0.1, -0.05) is 61.0 Å². The van der Waals surface area contributed by atoms with E-state index in [1.165, 1.54) is 0 Å². The van der Waals surface area contributed by atoms with Crippen LogP contribution in [0.15, 0.2) is 48.5 Å². The highest BCUT2D eigenvalue weighted by Gasteiger charge is 2.79. The fraction of sp³-hybridized carbons (Fsp3) is 0.333. The molecule has 1 N–H and O–H groups in total. The van der Waals surface area contributed by atoms with Crippen molar-refractivity contribution in [1.29, 1.82) is 21.2 Å². The Morgan fingerprint density at radius 3 is 2.13 bits per heavy atom. The molecule has 0 amide bonds. The zero-order valence-electron chi connectivity index (χ0n) is 16.9. The second kappa shape index (κ2) is 6.42. The second-order valence-electron chi connectivity index (χ2n) is 7.99. The molecule has 2 aromatic carbocycles. The molecule has 6 heteroatoms. The number of nitrogens with one attached hydrogen (secondary N) is 1. The lowest BCUT2D eigenvalue weighted by Gasteiger charge is -2.49. The van der Waals surface area contributed by atoms with Crippen LogP contribution in [-0.4, -0.2) is 5.90 Å². The van der Waals surface area contributed by atoms with Crippen LogP contribution in [0.5, 0.6) is 0 Å². The number of hydrogen-bond donors (Lipinski definition) is 1. The lowest BCUT2D eigenvalue weighted by Crippen LogP contribution is -2.57. The fourth-order valence-corrected chi connectivity index (χ4v) is 4.81. The first kappa shape index (κ1) is 19.6. The third kappa shape index (κ3) is 2.11. The Morgan fingerprint density at radius 2 is 1.57 bits per heavy atom. The number of aryl methyl sites for hydroxylation is 2. The van der Waals surface area contributed by atoms with Crippen LogP contribution in [0.2, 0.25) is 0 Å².